The molecule has 0 bridgehead atoms. The highest BCUT2D eigenvalue weighted by atomic mass is 16.6. The Labute approximate surface area is 409 Å². The first kappa shape index (κ1) is 63.4. The molecule has 0 N–H and O–H groups in total. The van der Waals surface area contributed by atoms with Crippen molar-refractivity contribution < 1.29 is 28.6 Å². The minimum Gasteiger partial charge on any atom is -0.462 e. The van der Waals surface area contributed by atoms with Gasteiger partial charge in [-0.05, 0) is 77.0 Å². The van der Waals surface area contributed by atoms with Crippen molar-refractivity contribution in [1.29, 1.82) is 0 Å². The summed E-state index contributed by atoms with van der Waals surface area (Å²) in [5.74, 6) is -0.884. The average Bonchev–Trinajstić information content (AvgIpc) is 3.31. The van der Waals surface area contributed by atoms with Crippen molar-refractivity contribution in [3.05, 3.63) is 48.6 Å². The van der Waals surface area contributed by atoms with Crippen LogP contribution in [-0.2, 0) is 28.6 Å². The Balaban J connectivity index is 4.35. The van der Waals surface area contributed by atoms with Crippen molar-refractivity contribution in [2.75, 3.05) is 13.2 Å². The standard InChI is InChI=1S/C60H108O6/c1-4-7-10-13-16-19-22-25-27-29-30-31-33-35-38-41-44-47-50-53-59(62)65-56-57(55-64-58(61)52-49-46-43-40-37-34-24-21-18-15-12-9-6-3)66-60(63)54-51-48-45-42-39-36-32-28-26-23-20-17-14-11-8-5-2/h7,10,16,19,25,27,34,37,57H,4-6,8-9,11-15,17-18,20-24,26,28-33,35-36,38-56H2,1-3H3/b10-7-,19-16-,27-25-,37-34-. The van der Waals surface area contributed by atoms with Crippen LogP contribution in [-0.4, -0.2) is 37.2 Å². The van der Waals surface area contributed by atoms with Gasteiger partial charge in [0.2, 0.25) is 0 Å². The summed E-state index contributed by atoms with van der Waals surface area (Å²) in [4.78, 5) is 38.1. The molecule has 0 saturated heterocycles. The van der Waals surface area contributed by atoms with E-state index in [0.717, 1.165) is 89.9 Å². The highest BCUT2D eigenvalue weighted by Crippen LogP contribution is 2.16. The Hall–Kier alpha value is -2.63. The van der Waals surface area contributed by atoms with Gasteiger partial charge in [0.25, 0.3) is 0 Å². The molecule has 6 heteroatoms. The number of esters is 3. The van der Waals surface area contributed by atoms with Gasteiger partial charge in [-0.3, -0.25) is 14.4 Å². The topological polar surface area (TPSA) is 78.9 Å². The summed E-state index contributed by atoms with van der Waals surface area (Å²) in [6, 6.07) is 0. The van der Waals surface area contributed by atoms with Crippen LogP contribution in [0.3, 0.4) is 0 Å². The number of allylic oxidation sites excluding steroid dienone is 8. The predicted molar refractivity (Wildman–Crippen MR) is 284 cm³/mol. The molecule has 0 aromatic heterocycles. The predicted octanol–water partition coefficient (Wildman–Crippen LogP) is 19.0. The Kier molecular flexibility index (Phi) is 52.8. The molecule has 0 saturated carbocycles. The van der Waals surface area contributed by atoms with Crippen molar-refractivity contribution in [3.8, 4) is 0 Å². The summed E-state index contributed by atoms with van der Waals surface area (Å²) >= 11 is 0. The number of rotatable bonds is 52. The summed E-state index contributed by atoms with van der Waals surface area (Å²) in [6.07, 6.45) is 66.7. The second-order valence-corrected chi connectivity index (χ2v) is 19.2. The Morgan fingerprint density at radius 3 is 0.955 bits per heavy atom. The maximum Gasteiger partial charge on any atom is 0.306 e. The zero-order chi connectivity index (χ0) is 47.9. The van der Waals surface area contributed by atoms with Crippen molar-refractivity contribution >= 4 is 17.9 Å². The van der Waals surface area contributed by atoms with E-state index in [2.05, 4.69) is 69.4 Å². The molecule has 384 valence electrons. The Morgan fingerprint density at radius 1 is 0.318 bits per heavy atom. The second-order valence-electron chi connectivity index (χ2n) is 19.2. The minimum absolute atomic E-state index is 0.0777. The van der Waals surface area contributed by atoms with Gasteiger partial charge in [-0.15, -0.1) is 0 Å². The molecule has 66 heavy (non-hydrogen) atoms. The largest absolute Gasteiger partial charge is 0.462 e. The van der Waals surface area contributed by atoms with Crippen LogP contribution >= 0.6 is 0 Å². The molecule has 0 aliphatic heterocycles. The molecule has 0 spiro atoms. The van der Waals surface area contributed by atoms with Gasteiger partial charge in [0.1, 0.15) is 13.2 Å². The molecular weight excluding hydrogens is 817 g/mol. The van der Waals surface area contributed by atoms with E-state index in [1.807, 2.05) is 0 Å². The summed E-state index contributed by atoms with van der Waals surface area (Å²) in [5, 5.41) is 0. The van der Waals surface area contributed by atoms with Gasteiger partial charge in [0, 0.05) is 19.3 Å². The molecule has 0 aromatic carbocycles. The third kappa shape index (κ3) is 52.3. The SMILES string of the molecule is CC/C=C\C/C=C\C/C=C\CCCCCCCCCCCC(=O)OCC(COC(=O)CCCCC/C=C\CCCCCCCC)OC(=O)CCCCCCCCCCCCCCCCCC. The summed E-state index contributed by atoms with van der Waals surface area (Å²) in [7, 11) is 0. The van der Waals surface area contributed by atoms with Crippen LogP contribution in [0, 0.1) is 0 Å². The lowest BCUT2D eigenvalue weighted by atomic mass is 10.0. The normalized spacial score (nSPS) is 12.3. The quantitative estimate of drug-likeness (QED) is 0.0262. The Morgan fingerprint density at radius 2 is 0.591 bits per heavy atom. The fourth-order valence-corrected chi connectivity index (χ4v) is 8.28. The number of hydrogen-bond acceptors (Lipinski definition) is 6. The van der Waals surface area contributed by atoms with E-state index in [-0.39, 0.29) is 31.1 Å². The second kappa shape index (κ2) is 55.0. The highest BCUT2D eigenvalue weighted by Gasteiger charge is 2.19. The van der Waals surface area contributed by atoms with Crippen molar-refractivity contribution in [1.82, 2.24) is 0 Å². The van der Waals surface area contributed by atoms with E-state index in [4.69, 9.17) is 14.2 Å². The molecule has 0 radical (unpaired) electrons. The van der Waals surface area contributed by atoms with Crippen LogP contribution in [0.1, 0.15) is 297 Å². The lowest BCUT2D eigenvalue weighted by Gasteiger charge is -2.18. The molecular formula is C60H108O6. The van der Waals surface area contributed by atoms with Gasteiger partial charge in [-0.25, -0.2) is 0 Å². The summed E-state index contributed by atoms with van der Waals surface area (Å²) in [6.45, 7) is 6.54. The van der Waals surface area contributed by atoms with E-state index in [1.54, 1.807) is 0 Å². The van der Waals surface area contributed by atoms with Crippen LogP contribution in [0.2, 0.25) is 0 Å². The van der Waals surface area contributed by atoms with Crippen LogP contribution in [0.25, 0.3) is 0 Å². The number of carbonyl (C=O) groups is 3. The lowest BCUT2D eigenvalue weighted by Crippen LogP contribution is -2.30. The molecule has 0 aliphatic rings. The molecule has 0 aliphatic carbocycles. The molecule has 6 nitrogen and oxygen atoms in total. The first-order chi connectivity index (χ1) is 32.5. The minimum atomic E-state index is -0.778. The van der Waals surface area contributed by atoms with E-state index in [9.17, 15) is 14.4 Å². The zero-order valence-electron chi connectivity index (χ0n) is 44.0. The maximum atomic E-state index is 12.8. The first-order valence-corrected chi connectivity index (χ1v) is 28.6. The van der Waals surface area contributed by atoms with Crippen LogP contribution in [0.5, 0.6) is 0 Å². The molecule has 0 rings (SSSR count). The average molecular weight is 926 g/mol. The van der Waals surface area contributed by atoms with E-state index < -0.39 is 6.10 Å². The van der Waals surface area contributed by atoms with Crippen molar-refractivity contribution in [2.45, 2.75) is 303 Å². The van der Waals surface area contributed by atoms with Gasteiger partial charge < -0.3 is 14.2 Å². The zero-order valence-corrected chi connectivity index (χ0v) is 44.0. The summed E-state index contributed by atoms with van der Waals surface area (Å²) < 4.78 is 16.9. The smallest absolute Gasteiger partial charge is 0.306 e. The monoisotopic (exact) mass is 925 g/mol. The summed E-state index contributed by atoms with van der Waals surface area (Å²) in [5.41, 5.74) is 0. The fraction of sp³-hybridized carbons (Fsp3) is 0.817. The van der Waals surface area contributed by atoms with E-state index in [0.29, 0.717) is 19.3 Å². The lowest BCUT2D eigenvalue weighted by molar-refractivity contribution is -0.167. The van der Waals surface area contributed by atoms with Crippen molar-refractivity contribution in [3.63, 3.8) is 0 Å². The van der Waals surface area contributed by atoms with Gasteiger partial charge >= 0.3 is 17.9 Å². The third-order valence-electron chi connectivity index (χ3n) is 12.6. The fourth-order valence-electron chi connectivity index (χ4n) is 8.28. The van der Waals surface area contributed by atoms with E-state index >= 15 is 0 Å². The number of carbonyl (C=O) groups excluding carboxylic acids is 3. The van der Waals surface area contributed by atoms with Crippen LogP contribution < -0.4 is 0 Å². The number of hydrogen-bond donors (Lipinski definition) is 0. The number of unbranched alkanes of at least 4 members (excludes halogenated alkanes) is 33. The first-order valence-electron chi connectivity index (χ1n) is 28.6. The molecule has 1 unspecified atom stereocenters. The molecule has 0 heterocycles. The molecule has 1 atom stereocenters. The van der Waals surface area contributed by atoms with Gasteiger partial charge in [0.15, 0.2) is 6.10 Å². The van der Waals surface area contributed by atoms with Crippen LogP contribution in [0.15, 0.2) is 48.6 Å². The molecule has 0 amide bonds. The van der Waals surface area contributed by atoms with Gasteiger partial charge in [-0.2, -0.15) is 0 Å². The van der Waals surface area contributed by atoms with Crippen molar-refractivity contribution in [2.24, 2.45) is 0 Å². The Bertz CT molecular complexity index is 1150. The van der Waals surface area contributed by atoms with E-state index in [1.165, 1.54) is 167 Å². The van der Waals surface area contributed by atoms with Gasteiger partial charge in [0.05, 0.1) is 0 Å². The molecule has 0 aromatic rings. The number of ether oxygens (including phenoxy) is 3. The maximum absolute atomic E-state index is 12.8. The third-order valence-corrected chi connectivity index (χ3v) is 12.6. The van der Waals surface area contributed by atoms with Gasteiger partial charge in [-0.1, -0.05) is 249 Å². The highest BCUT2D eigenvalue weighted by molar-refractivity contribution is 5.71. The van der Waals surface area contributed by atoms with Crippen LogP contribution in [0.4, 0.5) is 0 Å². The molecule has 0 fully saturated rings.